The van der Waals surface area contributed by atoms with Gasteiger partial charge in [0.05, 0.1) is 5.02 Å². The lowest BCUT2D eigenvalue weighted by atomic mass is 10.2. The summed E-state index contributed by atoms with van der Waals surface area (Å²) in [6, 6.07) is 2.56. The molecule has 0 amide bonds. The third-order valence-corrected chi connectivity index (χ3v) is 3.17. The van der Waals surface area contributed by atoms with Gasteiger partial charge in [-0.15, -0.1) is 0 Å². The molecule has 0 saturated carbocycles. The average molecular weight is 226 g/mol. The highest BCUT2D eigenvalue weighted by molar-refractivity contribution is 6.31. The maximum atomic E-state index is 6.03. The first-order valence-corrected chi connectivity index (χ1v) is 5.64. The molecule has 15 heavy (non-hydrogen) atoms. The number of aromatic nitrogens is 1. The van der Waals surface area contributed by atoms with Gasteiger partial charge in [-0.25, -0.2) is 0 Å². The van der Waals surface area contributed by atoms with Crippen molar-refractivity contribution in [2.75, 3.05) is 20.1 Å². The van der Waals surface area contributed by atoms with Gasteiger partial charge in [0, 0.05) is 31.5 Å². The lowest BCUT2D eigenvalue weighted by Crippen LogP contribution is -2.31. The molecule has 1 aliphatic rings. The van der Waals surface area contributed by atoms with E-state index >= 15 is 0 Å². The van der Waals surface area contributed by atoms with Crippen LogP contribution in [0.5, 0.6) is 0 Å². The second-order valence-electron chi connectivity index (χ2n) is 4.10. The van der Waals surface area contributed by atoms with E-state index < -0.39 is 0 Å². The highest BCUT2D eigenvalue weighted by Crippen LogP contribution is 2.14. The van der Waals surface area contributed by atoms with Crippen LogP contribution in [0, 0.1) is 0 Å². The Kier molecular flexibility index (Phi) is 3.57. The van der Waals surface area contributed by atoms with E-state index in [9.17, 15) is 0 Å². The normalized spacial score (nSPS) is 22.1. The molecule has 0 aromatic carbocycles. The number of nitrogens with one attached hydrogen (secondary N) is 1. The number of halogens is 1. The first kappa shape index (κ1) is 10.9. The molecule has 1 aromatic rings. The van der Waals surface area contributed by atoms with Crippen LogP contribution < -0.4 is 5.32 Å². The van der Waals surface area contributed by atoms with E-state index in [2.05, 4.69) is 22.2 Å². The van der Waals surface area contributed by atoms with Crippen molar-refractivity contribution in [3.63, 3.8) is 0 Å². The van der Waals surface area contributed by atoms with Gasteiger partial charge in [-0.05, 0) is 31.6 Å². The fraction of sp³-hybridized carbons (Fsp3) is 0.545. The molecule has 0 spiro atoms. The number of hydrogen-bond donors (Lipinski definition) is 1. The van der Waals surface area contributed by atoms with Crippen molar-refractivity contribution >= 4 is 11.6 Å². The zero-order valence-electron chi connectivity index (χ0n) is 8.91. The molecule has 0 bridgehead atoms. The molecule has 1 aliphatic heterocycles. The van der Waals surface area contributed by atoms with E-state index in [0.717, 1.165) is 23.7 Å². The highest BCUT2D eigenvalue weighted by atomic mass is 35.5. The number of hydrogen-bond acceptors (Lipinski definition) is 3. The molecular formula is C11H16ClN3. The van der Waals surface area contributed by atoms with Crippen molar-refractivity contribution < 1.29 is 0 Å². The van der Waals surface area contributed by atoms with Crippen LogP contribution in [0.4, 0.5) is 0 Å². The first-order chi connectivity index (χ1) is 7.25. The minimum absolute atomic E-state index is 0.597. The third-order valence-electron chi connectivity index (χ3n) is 2.83. The summed E-state index contributed by atoms with van der Waals surface area (Å²) in [5, 5.41) is 4.26. The van der Waals surface area contributed by atoms with Crippen molar-refractivity contribution in [3.05, 3.63) is 29.0 Å². The summed E-state index contributed by atoms with van der Waals surface area (Å²) in [7, 11) is 2.15. The van der Waals surface area contributed by atoms with Crippen molar-refractivity contribution in [1.29, 1.82) is 0 Å². The molecule has 2 heterocycles. The van der Waals surface area contributed by atoms with Crippen molar-refractivity contribution in [1.82, 2.24) is 15.2 Å². The molecule has 3 nitrogen and oxygen atoms in total. The van der Waals surface area contributed by atoms with E-state index in [4.69, 9.17) is 11.6 Å². The van der Waals surface area contributed by atoms with Gasteiger partial charge >= 0.3 is 0 Å². The fourth-order valence-electron chi connectivity index (χ4n) is 1.90. The largest absolute Gasteiger partial charge is 0.309 e. The van der Waals surface area contributed by atoms with Crippen LogP contribution in [0.2, 0.25) is 5.02 Å². The predicted molar refractivity (Wildman–Crippen MR) is 62.0 cm³/mol. The molecule has 1 aromatic heterocycles. The van der Waals surface area contributed by atoms with Crippen LogP contribution in [0.1, 0.15) is 12.0 Å². The van der Waals surface area contributed by atoms with E-state index in [1.165, 1.54) is 13.0 Å². The van der Waals surface area contributed by atoms with Gasteiger partial charge in [0.15, 0.2) is 0 Å². The van der Waals surface area contributed by atoms with Crippen LogP contribution in [-0.4, -0.2) is 36.1 Å². The lowest BCUT2D eigenvalue weighted by molar-refractivity contribution is 0.397. The molecule has 1 fully saturated rings. The second-order valence-corrected chi connectivity index (χ2v) is 4.50. The van der Waals surface area contributed by atoms with Gasteiger partial charge in [-0.2, -0.15) is 0 Å². The van der Waals surface area contributed by atoms with E-state index in [-0.39, 0.29) is 0 Å². The molecule has 1 N–H and O–H groups in total. The average Bonchev–Trinajstić information content (AvgIpc) is 2.63. The van der Waals surface area contributed by atoms with Crippen LogP contribution in [-0.2, 0) is 6.54 Å². The van der Waals surface area contributed by atoms with Gasteiger partial charge < -0.3 is 10.2 Å². The maximum absolute atomic E-state index is 6.03. The second kappa shape index (κ2) is 4.92. The van der Waals surface area contributed by atoms with Crippen LogP contribution in [0.3, 0.4) is 0 Å². The molecule has 1 unspecified atom stereocenters. The zero-order chi connectivity index (χ0) is 10.7. The van der Waals surface area contributed by atoms with Crippen LogP contribution in [0.15, 0.2) is 18.5 Å². The van der Waals surface area contributed by atoms with Gasteiger partial charge in [0.25, 0.3) is 0 Å². The number of rotatable bonds is 3. The van der Waals surface area contributed by atoms with E-state index in [0.29, 0.717) is 6.04 Å². The molecule has 1 saturated heterocycles. The number of likely N-dealkylation sites (N-methyl/N-ethyl adjacent to an activating group) is 1. The minimum atomic E-state index is 0.597. The Hall–Kier alpha value is -0.640. The SMILES string of the molecule is CN1CCC(NCc2ccncc2Cl)C1. The van der Waals surface area contributed by atoms with Crippen LogP contribution in [0.25, 0.3) is 0 Å². The highest BCUT2D eigenvalue weighted by Gasteiger charge is 2.18. The van der Waals surface area contributed by atoms with Gasteiger partial charge in [0.1, 0.15) is 0 Å². The monoisotopic (exact) mass is 225 g/mol. The molecule has 82 valence electrons. The summed E-state index contributed by atoms with van der Waals surface area (Å²) in [4.78, 5) is 6.31. The summed E-state index contributed by atoms with van der Waals surface area (Å²) in [6.07, 6.45) is 4.70. The Balaban J connectivity index is 1.86. The molecule has 0 radical (unpaired) electrons. The summed E-state index contributed by atoms with van der Waals surface area (Å²) in [6.45, 7) is 3.14. The van der Waals surface area contributed by atoms with Crippen molar-refractivity contribution in [2.45, 2.75) is 19.0 Å². The summed E-state index contributed by atoms with van der Waals surface area (Å²) in [5.74, 6) is 0. The van der Waals surface area contributed by atoms with E-state index in [1.807, 2.05) is 6.07 Å². The Labute approximate surface area is 95.4 Å². The fourth-order valence-corrected chi connectivity index (χ4v) is 2.09. The minimum Gasteiger partial charge on any atom is -0.309 e. The van der Waals surface area contributed by atoms with E-state index in [1.54, 1.807) is 12.4 Å². The van der Waals surface area contributed by atoms with Gasteiger partial charge in [-0.1, -0.05) is 11.6 Å². The quantitative estimate of drug-likeness (QED) is 0.846. The van der Waals surface area contributed by atoms with Crippen molar-refractivity contribution in [2.24, 2.45) is 0 Å². The number of likely N-dealkylation sites (tertiary alicyclic amines) is 1. The smallest absolute Gasteiger partial charge is 0.0634 e. The lowest BCUT2D eigenvalue weighted by Gasteiger charge is -2.13. The number of nitrogens with zero attached hydrogens (tertiary/aromatic N) is 2. The third kappa shape index (κ3) is 2.91. The molecular weight excluding hydrogens is 210 g/mol. The summed E-state index contributed by atoms with van der Waals surface area (Å²) in [5.41, 5.74) is 1.13. The summed E-state index contributed by atoms with van der Waals surface area (Å²) < 4.78 is 0. The van der Waals surface area contributed by atoms with Crippen LogP contribution >= 0.6 is 11.6 Å². The zero-order valence-corrected chi connectivity index (χ0v) is 9.67. The Bertz CT molecular complexity index is 329. The van der Waals surface area contributed by atoms with Gasteiger partial charge in [-0.3, -0.25) is 4.98 Å². The van der Waals surface area contributed by atoms with Crippen molar-refractivity contribution in [3.8, 4) is 0 Å². The summed E-state index contributed by atoms with van der Waals surface area (Å²) >= 11 is 6.03. The predicted octanol–water partition coefficient (Wildman–Crippen LogP) is 1.53. The Morgan fingerprint density at radius 3 is 3.20 bits per heavy atom. The Morgan fingerprint density at radius 2 is 2.53 bits per heavy atom. The first-order valence-electron chi connectivity index (χ1n) is 5.26. The Morgan fingerprint density at radius 1 is 1.67 bits per heavy atom. The topological polar surface area (TPSA) is 28.2 Å². The van der Waals surface area contributed by atoms with Gasteiger partial charge in [0.2, 0.25) is 0 Å². The molecule has 1 atom stereocenters. The maximum Gasteiger partial charge on any atom is 0.0634 e. The molecule has 0 aliphatic carbocycles. The standard InChI is InChI=1S/C11H16ClN3/c1-15-5-3-10(8-15)14-6-9-2-4-13-7-11(9)12/h2,4,7,10,14H,3,5-6,8H2,1H3. The molecule has 4 heteroatoms. The number of pyridine rings is 1. The molecule has 2 rings (SSSR count).